The minimum absolute atomic E-state index is 0.0868. The number of hydrogen-bond donors (Lipinski definition) is 0. The van der Waals surface area contributed by atoms with Gasteiger partial charge in [-0.3, -0.25) is 4.90 Å². The highest BCUT2D eigenvalue weighted by Crippen LogP contribution is 2.37. The van der Waals surface area contributed by atoms with Gasteiger partial charge in [-0.05, 0) is 46.0 Å². The smallest absolute Gasteiger partial charge is 0.191 e. The minimum Gasteiger partial charge on any atom is -0.305 e. The maximum absolute atomic E-state index is 14.1. The zero-order valence-electron chi connectivity index (χ0n) is 16.2. The van der Waals surface area contributed by atoms with Crippen molar-refractivity contribution in [3.05, 3.63) is 41.2 Å². The van der Waals surface area contributed by atoms with Crippen molar-refractivity contribution in [2.24, 2.45) is 0 Å². The Morgan fingerprint density at radius 1 is 1.15 bits per heavy atom. The molecule has 1 heterocycles. The highest BCUT2D eigenvalue weighted by Gasteiger charge is 2.24. The van der Waals surface area contributed by atoms with Gasteiger partial charge in [0, 0.05) is 17.4 Å². The fraction of sp³-hybridized carbons (Fsp3) is 0.579. The van der Waals surface area contributed by atoms with Crippen LogP contribution in [0, 0.1) is 11.6 Å². The fourth-order valence-corrected chi connectivity index (χ4v) is 4.11. The van der Waals surface area contributed by atoms with E-state index >= 15 is 0 Å². The van der Waals surface area contributed by atoms with E-state index in [1.54, 1.807) is 6.92 Å². The Labute approximate surface area is 159 Å². The summed E-state index contributed by atoms with van der Waals surface area (Å²) < 4.78 is 30.3. The first-order valence-electron chi connectivity index (χ1n) is 9.10. The first kappa shape index (κ1) is 20.8. The summed E-state index contributed by atoms with van der Waals surface area (Å²) >= 11 is 1.35. The number of rotatable bonds is 9. The van der Waals surface area contributed by atoms with Crippen LogP contribution in [0.15, 0.2) is 23.4 Å². The summed E-state index contributed by atoms with van der Waals surface area (Å²) in [5.74, 6) is -0.135. The van der Waals surface area contributed by atoms with Crippen LogP contribution in [-0.2, 0) is 6.54 Å². The predicted molar refractivity (Wildman–Crippen MR) is 102 cm³/mol. The third kappa shape index (κ3) is 4.62. The second-order valence-electron chi connectivity index (χ2n) is 6.63. The average Bonchev–Trinajstić information content (AvgIpc) is 2.95. The van der Waals surface area contributed by atoms with E-state index in [4.69, 9.17) is 0 Å². The van der Waals surface area contributed by atoms with Crippen molar-refractivity contribution in [3.63, 3.8) is 0 Å². The van der Waals surface area contributed by atoms with Gasteiger partial charge in [0.2, 0.25) is 0 Å². The van der Waals surface area contributed by atoms with Gasteiger partial charge in [0.15, 0.2) is 11.0 Å². The molecule has 0 radical (unpaired) electrons. The van der Waals surface area contributed by atoms with Gasteiger partial charge in [-0.15, -0.1) is 10.2 Å². The number of halogens is 2. The Hall–Kier alpha value is -1.47. The highest BCUT2D eigenvalue weighted by molar-refractivity contribution is 7.99. The van der Waals surface area contributed by atoms with Gasteiger partial charge in [-0.1, -0.05) is 38.1 Å². The normalized spacial score (nSPS) is 14.0. The van der Waals surface area contributed by atoms with Crippen molar-refractivity contribution in [3.8, 4) is 0 Å². The molecular weight excluding hydrogens is 354 g/mol. The lowest BCUT2D eigenvalue weighted by Crippen LogP contribution is -2.23. The molecule has 1 aromatic heterocycles. The van der Waals surface area contributed by atoms with Gasteiger partial charge in [0.25, 0.3) is 0 Å². The Bertz CT molecular complexity index is 697. The summed E-state index contributed by atoms with van der Waals surface area (Å²) in [6.07, 6.45) is 2.97. The zero-order valence-corrected chi connectivity index (χ0v) is 17.0. The Morgan fingerprint density at radius 3 is 2.35 bits per heavy atom. The van der Waals surface area contributed by atoms with E-state index in [2.05, 4.69) is 33.5 Å². The van der Waals surface area contributed by atoms with E-state index < -0.39 is 16.9 Å². The Morgan fingerprint density at radius 2 is 1.81 bits per heavy atom. The van der Waals surface area contributed by atoms with E-state index in [0.29, 0.717) is 5.16 Å². The number of benzene rings is 1. The van der Waals surface area contributed by atoms with E-state index in [1.165, 1.54) is 30.0 Å². The molecule has 144 valence electrons. The van der Waals surface area contributed by atoms with Gasteiger partial charge < -0.3 is 4.57 Å². The molecule has 0 aliphatic rings. The predicted octanol–water partition coefficient (Wildman–Crippen LogP) is 5.22. The summed E-state index contributed by atoms with van der Waals surface area (Å²) in [6.45, 7) is 6.86. The maximum atomic E-state index is 14.1. The molecule has 0 bridgehead atoms. The molecule has 26 heavy (non-hydrogen) atoms. The third-order valence-electron chi connectivity index (χ3n) is 4.48. The van der Waals surface area contributed by atoms with Gasteiger partial charge in [0.05, 0.1) is 6.04 Å². The van der Waals surface area contributed by atoms with Crippen molar-refractivity contribution < 1.29 is 8.78 Å². The molecule has 0 saturated heterocycles. The number of aromatic nitrogens is 3. The summed E-state index contributed by atoms with van der Waals surface area (Å²) in [7, 11) is 4.05. The topological polar surface area (TPSA) is 34.0 Å². The molecule has 4 nitrogen and oxygen atoms in total. The molecule has 0 aliphatic carbocycles. The molecule has 2 unspecified atom stereocenters. The Kier molecular flexibility index (Phi) is 7.58. The number of nitrogens with zero attached hydrogens (tertiary/aromatic N) is 4. The van der Waals surface area contributed by atoms with E-state index in [1.807, 2.05) is 14.1 Å². The van der Waals surface area contributed by atoms with Crippen molar-refractivity contribution in [1.82, 2.24) is 19.7 Å². The molecular formula is C19H28F2N4S. The number of hydrogen-bond acceptors (Lipinski definition) is 4. The molecule has 0 fully saturated rings. The quantitative estimate of drug-likeness (QED) is 0.557. The van der Waals surface area contributed by atoms with Crippen LogP contribution in [0.3, 0.4) is 0 Å². The van der Waals surface area contributed by atoms with E-state index in [0.717, 1.165) is 31.6 Å². The summed E-state index contributed by atoms with van der Waals surface area (Å²) in [4.78, 5) is 2.13. The molecule has 0 amide bonds. The van der Waals surface area contributed by atoms with Crippen LogP contribution < -0.4 is 0 Å². The van der Waals surface area contributed by atoms with Crippen LogP contribution in [-0.4, -0.2) is 33.8 Å². The zero-order chi connectivity index (χ0) is 19.3. The summed E-state index contributed by atoms with van der Waals surface area (Å²) in [6, 6.07) is 4.13. The number of unbranched alkanes of at least 4 members (excludes halogenated alkanes) is 1. The average molecular weight is 383 g/mol. The molecule has 2 rings (SSSR count). The van der Waals surface area contributed by atoms with Gasteiger partial charge in [0.1, 0.15) is 11.6 Å². The molecule has 2 aromatic rings. The largest absolute Gasteiger partial charge is 0.305 e. The second-order valence-corrected chi connectivity index (χ2v) is 7.94. The van der Waals surface area contributed by atoms with Crippen molar-refractivity contribution in [2.75, 3.05) is 14.1 Å². The van der Waals surface area contributed by atoms with Crippen LogP contribution in [0.25, 0.3) is 0 Å². The van der Waals surface area contributed by atoms with Crippen molar-refractivity contribution >= 4 is 11.8 Å². The standard InChI is InChI=1S/C19H28F2N4S/c1-6-8-12-25-18(16(7-2)24(4)5)22-23-19(25)26-13(3)17-14(20)10-9-11-15(17)21/h9-11,13,16H,6-8,12H2,1-5H3. The maximum Gasteiger partial charge on any atom is 0.191 e. The third-order valence-corrected chi connectivity index (χ3v) is 5.58. The lowest BCUT2D eigenvalue weighted by atomic mass is 10.1. The lowest BCUT2D eigenvalue weighted by molar-refractivity contribution is 0.270. The SMILES string of the molecule is CCCCn1c(SC(C)c2c(F)cccc2F)nnc1C(CC)N(C)C. The monoisotopic (exact) mass is 382 g/mol. The van der Waals surface area contributed by atoms with Crippen molar-refractivity contribution in [2.45, 2.75) is 63.0 Å². The van der Waals surface area contributed by atoms with Gasteiger partial charge in [-0.25, -0.2) is 8.78 Å². The molecule has 0 aliphatic heterocycles. The molecule has 1 aromatic carbocycles. The number of thioether (sulfide) groups is 1. The van der Waals surface area contributed by atoms with Crippen LogP contribution in [0.2, 0.25) is 0 Å². The van der Waals surface area contributed by atoms with Crippen LogP contribution in [0.5, 0.6) is 0 Å². The van der Waals surface area contributed by atoms with Crippen LogP contribution in [0.4, 0.5) is 8.78 Å². The van der Waals surface area contributed by atoms with E-state index in [-0.39, 0.29) is 11.6 Å². The highest BCUT2D eigenvalue weighted by atomic mass is 32.2. The minimum atomic E-state index is -0.524. The van der Waals surface area contributed by atoms with Crippen LogP contribution >= 0.6 is 11.8 Å². The fourth-order valence-electron chi connectivity index (χ4n) is 3.05. The molecule has 2 atom stereocenters. The summed E-state index contributed by atoms with van der Waals surface area (Å²) in [5, 5.41) is 9.08. The first-order valence-corrected chi connectivity index (χ1v) is 9.98. The molecule has 0 spiro atoms. The molecule has 0 N–H and O–H groups in total. The first-order chi connectivity index (χ1) is 12.4. The van der Waals surface area contributed by atoms with E-state index in [9.17, 15) is 8.78 Å². The second kappa shape index (κ2) is 9.46. The van der Waals surface area contributed by atoms with Crippen LogP contribution in [0.1, 0.15) is 62.7 Å². The lowest BCUT2D eigenvalue weighted by Gasteiger charge is -2.23. The molecule has 0 saturated carbocycles. The van der Waals surface area contributed by atoms with Gasteiger partial charge >= 0.3 is 0 Å². The molecule has 7 heteroatoms. The van der Waals surface area contributed by atoms with Gasteiger partial charge in [-0.2, -0.15) is 0 Å². The summed E-state index contributed by atoms with van der Waals surface area (Å²) in [5.41, 5.74) is 0.0868. The Balaban J connectivity index is 2.35. The van der Waals surface area contributed by atoms with Crippen molar-refractivity contribution in [1.29, 1.82) is 0 Å².